The Morgan fingerprint density at radius 1 is 1.28 bits per heavy atom. The number of piperazine rings is 1. The van der Waals surface area contributed by atoms with Crippen LogP contribution in [0.5, 0.6) is 0 Å². The molecule has 0 aliphatic carbocycles. The largest absolute Gasteiger partial charge is 0.353 e. The molecule has 1 rings (SSSR count). The monoisotopic (exact) mass is 254 g/mol. The number of nitrogens with zero attached hydrogens (tertiary/aromatic N) is 1. The minimum absolute atomic E-state index is 0.0301. The third-order valence-electron chi connectivity index (χ3n) is 3.56. The zero-order chi connectivity index (χ0) is 13.4. The Morgan fingerprint density at radius 3 is 2.67 bits per heavy atom. The summed E-state index contributed by atoms with van der Waals surface area (Å²) in [6.07, 6.45) is 7.69. The van der Waals surface area contributed by atoms with Crippen LogP contribution in [0.3, 0.4) is 0 Å². The summed E-state index contributed by atoms with van der Waals surface area (Å²) in [5, 5.41) is 2.77. The summed E-state index contributed by atoms with van der Waals surface area (Å²) in [6, 6.07) is -0.300. The van der Waals surface area contributed by atoms with Gasteiger partial charge in [-0.05, 0) is 13.3 Å². The maximum atomic E-state index is 12.0. The lowest BCUT2D eigenvalue weighted by Crippen LogP contribution is -2.55. The van der Waals surface area contributed by atoms with Gasteiger partial charge in [0.1, 0.15) is 6.04 Å². The molecule has 0 aromatic rings. The molecule has 4 nitrogen and oxygen atoms in total. The minimum atomic E-state index is -0.300. The molecular weight excluding hydrogens is 228 g/mol. The summed E-state index contributed by atoms with van der Waals surface area (Å²) in [6.45, 7) is 5.24. The summed E-state index contributed by atoms with van der Waals surface area (Å²) in [7, 11) is 0. The van der Waals surface area contributed by atoms with Crippen molar-refractivity contribution in [2.75, 3.05) is 13.1 Å². The van der Waals surface area contributed by atoms with Crippen LogP contribution in [-0.2, 0) is 9.59 Å². The summed E-state index contributed by atoms with van der Waals surface area (Å²) in [4.78, 5) is 25.2. The number of carbonyl (C=O) groups is 2. The van der Waals surface area contributed by atoms with Crippen LogP contribution in [0.4, 0.5) is 0 Å². The zero-order valence-corrected chi connectivity index (χ0v) is 11.7. The molecule has 0 aromatic carbocycles. The molecule has 0 aromatic heterocycles. The van der Waals surface area contributed by atoms with Gasteiger partial charge in [0.15, 0.2) is 0 Å². The molecule has 0 radical (unpaired) electrons. The van der Waals surface area contributed by atoms with E-state index in [1.807, 2.05) is 0 Å². The fourth-order valence-electron chi connectivity index (χ4n) is 2.32. The van der Waals surface area contributed by atoms with Crippen molar-refractivity contribution in [3.05, 3.63) is 0 Å². The molecule has 1 aliphatic heterocycles. The Hall–Kier alpha value is -1.06. The van der Waals surface area contributed by atoms with E-state index in [0.29, 0.717) is 19.5 Å². The molecule has 1 heterocycles. The lowest BCUT2D eigenvalue weighted by atomic mass is 10.1. The van der Waals surface area contributed by atoms with Crippen molar-refractivity contribution < 1.29 is 9.59 Å². The molecule has 0 saturated carbocycles. The first kappa shape index (κ1) is 15.0. The Bertz CT molecular complexity index is 279. The first-order valence-electron chi connectivity index (χ1n) is 7.24. The van der Waals surface area contributed by atoms with Crippen LogP contribution in [0, 0.1) is 0 Å². The quantitative estimate of drug-likeness (QED) is 0.707. The number of hydrogen-bond donors (Lipinski definition) is 1. The average Bonchev–Trinajstić information content (AvgIpc) is 2.36. The van der Waals surface area contributed by atoms with Crippen molar-refractivity contribution in [1.82, 2.24) is 10.2 Å². The summed E-state index contributed by atoms with van der Waals surface area (Å²) >= 11 is 0. The molecule has 1 saturated heterocycles. The van der Waals surface area contributed by atoms with Crippen LogP contribution in [0.25, 0.3) is 0 Å². The van der Waals surface area contributed by atoms with Crippen LogP contribution < -0.4 is 5.32 Å². The highest BCUT2D eigenvalue weighted by molar-refractivity contribution is 5.88. The predicted octanol–water partition coefficient (Wildman–Crippen LogP) is 2.08. The van der Waals surface area contributed by atoms with Gasteiger partial charge in [-0.3, -0.25) is 9.59 Å². The highest BCUT2D eigenvalue weighted by atomic mass is 16.2. The summed E-state index contributed by atoms with van der Waals surface area (Å²) < 4.78 is 0. The molecule has 1 fully saturated rings. The van der Waals surface area contributed by atoms with Gasteiger partial charge < -0.3 is 10.2 Å². The summed E-state index contributed by atoms with van der Waals surface area (Å²) in [5.74, 6) is 0.102. The van der Waals surface area contributed by atoms with E-state index in [1.165, 1.54) is 25.7 Å². The van der Waals surface area contributed by atoms with Crippen LogP contribution in [-0.4, -0.2) is 35.8 Å². The number of carbonyl (C=O) groups excluding carboxylic acids is 2. The van der Waals surface area contributed by atoms with E-state index in [9.17, 15) is 9.59 Å². The number of nitrogens with one attached hydrogen (secondary N) is 1. The van der Waals surface area contributed by atoms with E-state index < -0.39 is 0 Å². The summed E-state index contributed by atoms with van der Waals surface area (Å²) in [5.41, 5.74) is 0. The molecule has 1 unspecified atom stereocenters. The molecule has 4 heteroatoms. The highest BCUT2D eigenvalue weighted by Crippen LogP contribution is 2.11. The van der Waals surface area contributed by atoms with Crippen LogP contribution in [0.15, 0.2) is 0 Å². The van der Waals surface area contributed by atoms with Crippen LogP contribution >= 0.6 is 0 Å². The van der Waals surface area contributed by atoms with Gasteiger partial charge in [0.2, 0.25) is 11.8 Å². The van der Waals surface area contributed by atoms with Crippen molar-refractivity contribution >= 4 is 11.8 Å². The zero-order valence-electron chi connectivity index (χ0n) is 11.7. The number of rotatable bonds is 7. The van der Waals surface area contributed by atoms with Gasteiger partial charge in [-0.1, -0.05) is 39.0 Å². The molecule has 1 N–H and O–H groups in total. The molecular formula is C14H26N2O2. The maximum Gasteiger partial charge on any atom is 0.242 e. The molecule has 18 heavy (non-hydrogen) atoms. The van der Waals surface area contributed by atoms with Gasteiger partial charge in [-0.15, -0.1) is 0 Å². The normalized spacial score (nSPS) is 19.8. The molecule has 1 aliphatic rings. The van der Waals surface area contributed by atoms with Gasteiger partial charge in [-0.25, -0.2) is 0 Å². The lowest BCUT2D eigenvalue weighted by molar-refractivity contribution is -0.142. The Morgan fingerprint density at radius 2 is 1.94 bits per heavy atom. The number of amides is 2. The second kappa shape index (κ2) is 8.11. The fourth-order valence-corrected chi connectivity index (χ4v) is 2.32. The van der Waals surface area contributed by atoms with E-state index in [4.69, 9.17) is 0 Å². The third-order valence-corrected chi connectivity index (χ3v) is 3.56. The lowest BCUT2D eigenvalue weighted by Gasteiger charge is -2.32. The molecule has 0 bridgehead atoms. The highest BCUT2D eigenvalue weighted by Gasteiger charge is 2.28. The SMILES string of the molecule is CCCCCCCCC(=O)N1CCNC(=O)C1C. The van der Waals surface area contributed by atoms with E-state index >= 15 is 0 Å². The fraction of sp³-hybridized carbons (Fsp3) is 0.857. The second-order valence-electron chi connectivity index (χ2n) is 5.07. The van der Waals surface area contributed by atoms with Crippen molar-refractivity contribution in [1.29, 1.82) is 0 Å². The maximum absolute atomic E-state index is 12.0. The van der Waals surface area contributed by atoms with Crippen molar-refractivity contribution in [2.24, 2.45) is 0 Å². The first-order chi connectivity index (χ1) is 8.66. The van der Waals surface area contributed by atoms with E-state index in [-0.39, 0.29) is 17.9 Å². The van der Waals surface area contributed by atoms with Gasteiger partial charge in [0.05, 0.1) is 0 Å². The molecule has 0 spiro atoms. The van der Waals surface area contributed by atoms with Gasteiger partial charge in [0, 0.05) is 19.5 Å². The molecule has 2 amide bonds. The third kappa shape index (κ3) is 4.67. The van der Waals surface area contributed by atoms with Crippen molar-refractivity contribution in [3.8, 4) is 0 Å². The Balaban J connectivity index is 2.17. The van der Waals surface area contributed by atoms with E-state index in [2.05, 4.69) is 12.2 Å². The van der Waals surface area contributed by atoms with Crippen molar-refractivity contribution in [2.45, 2.75) is 64.8 Å². The first-order valence-corrected chi connectivity index (χ1v) is 7.24. The Kier molecular flexibility index (Phi) is 6.76. The number of unbranched alkanes of at least 4 members (excludes halogenated alkanes) is 5. The van der Waals surface area contributed by atoms with Gasteiger partial charge in [-0.2, -0.15) is 0 Å². The van der Waals surface area contributed by atoms with Crippen molar-refractivity contribution in [3.63, 3.8) is 0 Å². The van der Waals surface area contributed by atoms with E-state index in [1.54, 1.807) is 11.8 Å². The predicted molar refractivity (Wildman–Crippen MR) is 72.2 cm³/mol. The topological polar surface area (TPSA) is 49.4 Å². The Labute approximate surface area is 110 Å². The second-order valence-corrected chi connectivity index (χ2v) is 5.07. The smallest absolute Gasteiger partial charge is 0.242 e. The average molecular weight is 254 g/mol. The minimum Gasteiger partial charge on any atom is -0.353 e. The number of hydrogen-bond acceptors (Lipinski definition) is 2. The van der Waals surface area contributed by atoms with Crippen LogP contribution in [0.1, 0.15) is 58.8 Å². The van der Waals surface area contributed by atoms with E-state index in [0.717, 1.165) is 12.8 Å². The van der Waals surface area contributed by atoms with Gasteiger partial charge in [0.25, 0.3) is 0 Å². The molecule has 104 valence electrons. The standard InChI is InChI=1S/C14H26N2O2/c1-3-4-5-6-7-8-9-13(17)16-11-10-15-14(18)12(16)2/h12H,3-11H2,1-2H3,(H,15,18). The molecule has 1 atom stereocenters. The van der Waals surface area contributed by atoms with Crippen LogP contribution in [0.2, 0.25) is 0 Å². The van der Waals surface area contributed by atoms with Gasteiger partial charge >= 0.3 is 0 Å².